The lowest BCUT2D eigenvalue weighted by Gasteiger charge is -2.31. The summed E-state index contributed by atoms with van der Waals surface area (Å²) in [4.78, 5) is 40.8. The number of urea groups is 1. The van der Waals surface area contributed by atoms with Crippen LogP contribution in [-0.2, 0) is 15.1 Å². The second kappa shape index (κ2) is 6.44. The summed E-state index contributed by atoms with van der Waals surface area (Å²) in [5.41, 5.74) is -0.652. The lowest BCUT2D eigenvalue weighted by atomic mass is 9.91. The first-order valence-electron chi connectivity index (χ1n) is 9.20. The molecule has 0 spiro atoms. The third-order valence-electron chi connectivity index (χ3n) is 5.65. The zero-order valence-electron chi connectivity index (χ0n) is 15.5. The predicted molar refractivity (Wildman–Crippen MR) is 95.1 cm³/mol. The Morgan fingerprint density at radius 3 is 2.67 bits per heavy atom. The topological polar surface area (TPSA) is 88.2 Å². The van der Waals surface area contributed by atoms with Crippen molar-refractivity contribution in [2.24, 2.45) is 5.92 Å². The van der Waals surface area contributed by atoms with Gasteiger partial charge in [-0.15, -0.1) is 0 Å². The fraction of sp³-hybridized carbons (Fsp3) is 0.526. The molecule has 3 aliphatic rings. The van der Waals surface area contributed by atoms with Crippen molar-refractivity contribution in [3.05, 3.63) is 23.8 Å². The molecule has 4 rings (SSSR count). The number of nitrogens with one attached hydrogen (secondary N) is 1. The van der Waals surface area contributed by atoms with E-state index in [4.69, 9.17) is 9.47 Å². The Kier molecular flexibility index (Phi) is 4.20. The number of amides is 4. The maximum atomic E-state index is 13.0. The Balaban J connectivity index is 1.50. The molecule has 1 N–H and O–H groups in total. The number of hydrogen-bond acceptors (Lipinski definition) is 5. The zero-order valence-corrected chi connectivity index (χ0v) is 15.5. The standard InChI is InChI=1S/C19H23N3O5/c1-12-5-7-21(8-6-12)16(23)10-22-17(24)19(2,20-18(22)25)13-3-4-14-15(9-13)27-11-26-14/h3-4,9,12H,5-8,10-11H2,1-2H3,(H,20,25)/t19-/m1/s1. The normalized spacial score (nSPS) is 25.1. The molecule has 0 aromatic heterocycles. The molecule has 27 heavy (non-hydrogen) atoms. The van der Waals surface area contributed by atoms with Crippen molar-refractivity contribution >= 4 is 17.8 Å². The Morgan fingerprint density at radius 2 is 1.93 bits per heavy atom. The molecular weight excluding hydrogens is 350 g/mol. The molecular formula is C19H23N3O5. The van der Waals surface area contributed by atoms with Crippen LogP contribution in [0.1, 0.15) is 32.3 Å². The van der Waals surface area contributed by atoms with E-state index in [0.29, 0.717) is 36.1 Å². The monoisotopic (exact) mass is 373 g/mol. The number of fused-ring (bicyclic) bond motifs is 1. The molecule has 0 saturated carbocycles. The van der Waals surface area contributed by atoms with Gasteiger partial charge < -0.3 is 19.7 Å². The van der Waals surface area contributed by atoms with Crippen molar-refractivity contribution in [1.82, 2.24) is 15.1 Å². The van der Waals surface area contributed by atoms with Gasteiger partial charge in [0, 0.05) is 13.1 Å². The molecule has 2 saturated heterocycles. The average Bonchev–Trinajstić information content (AvgIpc) is 3.20. The van der Waals surface area contributed by atoms with E-state index < -0.39 is 17.5 Å². The average molecular weight is 373 g/mol. The summed E-state index contributed by atoms with van der Waals surface area (Å²) in [6.45, 7) is 5.03. The smallest absolute Gasteiger partial charge is 0.325 e. The minimum absolute atomic E-state index is 0.130. The van der Waals surface area contributed by atoms with Crippen LogP contribution < -0.4 is 14.8 Å². The van der Waals surface area contributed by atoms with E-state index in [1.54, 1.807) is 30.0 Å². The maximum Gasteiger partial charge on any atom is 0.325 e. The van der Waals surface area contributed by atoms with Crippen molar-refractivity contribution in [2.45, 2.75) is 32.2 Å². The number of ether oxygens (including phenoxy) is 2. The molecule has 2 fully saturated rings. The van der Waals surface area contributed by atoms with Crippen LogP contribution in [0.3, 0.4) is 0 Å². The molecule has 0 radical (unpaired) electrons. The van der Waals surface area contributed by atoms with Crippen LogP contribution in [0.5, 0.6) is 11.5 Å². The summed E-state index contributed by atoms with van der Waals surface area (Å²) < 4.78 is 10.7. The molecule has 4 amide bonds. The van der Waals surface area contributed by atoms with Gasteiger partial charge in [0.2, 0.25) is 12.7 Å². The van der Waals surface area contributed by atoms with Gasteiger partial charge in [-0.25, -0.2) is 4.79 Å². The largest absolute Gasteiger partial charge is 0.454 e. The van der Waals surface area contributed by atoms with E-state index in [2.05, 4.69) is 12.2 Å². The fourth-order valence-corrected chi connectivity index (χ4v) is 3.74. The Labute approximate surface area is 157 Å². The first-order chi connectivity index (χ1) is 12.9. The Morgan fingerprint density at radius 1 is 1.22 bits per heavy atom. The van der Waals surface area contributed by atoms with Gasteiger partial charge in [0.15, 0.2) is 11.5 Å². The Bertz CT molecular complexity index is 803. The van der Waals surface area contributed by atoms with Crippen LogP contribution in [0.25, 0.3) is 0 Å². The second-order valence-electron chi connectivity index (χ2n) is 7.58. The zero-order chi connectivity index (χ0) is 19.2. The number of hydrogen-bond donors (Lipinski definition) is 1. The third kappa shape index (κ3) is 2.98. The van der Waals surface area contributed by atoms with Crippen LogP contribution in [0.4, 0.5) is 4.79 Å². The van der Waals surface area contributed by atoms with E-state index in [1.807, 2.05) is 0 Å². The summed E-state index contributed by atoms with van der Waals surface area (Å²) in [6, 6.07) is 4.57. The maximum absolute atomic E-state index is 13.0. The molecule has 8 heteroatoms. The molecule has 3 heterocycles. The first-order valence-corrected chi connectivity index (χ1v) is 9.20. The number of carbonyl (C=O) groups excluding carboxylic acids is 3. The number of piperidine rings is 1. The molecule has 1 aromatic carbocycles. The van der Waals surface area contributed by atoms with Gasteiger partial charge in [0.25, 0.3) is 5.91 Å². The van der Waals surface area contributed by atoms with Crippen LogP contribution in [0.15, 0.2) is 18.2 Å². The van der Waals surface area contributed by atoms with E-state index in [-0.39, 0.29) is 19.2 Å². The highest BCUT2D eigenvalue weighted by atomic mass is 16.7. The highest BCUT2D eigenvalue weighted by molar-refractivity contribution is 6.09. The van der Waals surface area contributed by atoms with E-state index in [0.717, 1.165) is 17.7 Å². The number of benzene rings is 1. The summed E-state index contributed by atoms with van der Waals surface area (Å²) in [5.74, 6) is 1.10. The molecule has 0 unspecified atom stereocenters. The van der Waals surface area contributed by atoms with Crippen molar-refractivity contribution in [3.63, 3.8) is 0 Å². The van der Waals surface area contributed by atoms with Crippen LogP contribution >= 0.6 is 0 Å². The molecule has 3 aliphatic heterocycles. The number of nitrogens with zero attached hydrogens (tertiary/aromatic N) is 2. The molecule has 8 nitrogen and oxygen atoms in total. The lowest BCUT2D eigenvalue weighted by Crippen LogP contribution is -2.46. The van der Waals surface area contributed by atoms with Gasteiger partial charge in [-0.1, -0.05) is 13.0 Å². The molecule has 1 atom stereocenters. The van der Waals surface area contributed by atoms with Crippen molar-refractivity contribution in [2.75, 3.05) is 26.4 Å². The van der Waals surface area contributed by atoms with Crippen molar-refractivity contribution in [1.29, 1.82) is 0 Å². The van der Waals surface area contributed by atoms with Crippen molar-refractivity contribution in [3.8, 4) is 11.5 Å². The van der Waals surface area contributed by atoms with E-state index in [9.17, 15) is 14.4 Å². The predicted octanol–water partition coefficient (Wildman–Crippen LogP) is 1.44. The molecule has 0 bridgehead atoms. The highest BCUT2D eigenvalue weighted by Crippen LogP contribution is 2.37. The van der Waals surface area contributed by atoms with Gasteiger partial charge in [0.05, 0.1) is 0 Å². The van der Waals surface area contributed by atoms with E-state index >= 15 is 0 Å². The molecule has 144 valence electrons. The number of rotatable bonds is 3. The fourth-order valence-electron chi connectivity index (χ4n) is 3.74. The molecule has 0 aliphatic carbocycles. The highest BCUT2D eigenvalue weighted by Gasteiger charge is 2.50. The number of carbonyl (C=O) groups is 3. The van der Waals surface area contributed by atoms with Crippen LogP contribution in [0.2, 0.25) is 0 Å². The lowest BCUT2D eigenvalue weighted by molar-refractivity contribution is -0.139. The minimum Gasteiger partial charge on any atom is -0.454 e. The van der Waals surface area contributed by atoms with E-state index in [1.165, 1.54) is 0 Å². The minimum atomic E-state index is -1.24. The quantitative estimate of drug-likeness (QED) is 0.810. The summed E-state index contributed by atoms with van der Waals surface area (Å²) in [5, 5.41) is 2.72. The van der Waals surface area contributed by atoms with Crippen molar-refractivity contribution < 1.29 is 23.9 Å². The van der Waals surface area contributed by atoms with Gasteiger partial charge >= 0.3 is 6.03 Å². The van der Waals surface area contributed by atoms with Gasteiger partial charge in [-0.05, 0) is 43.4 Å². The van der Waals surface area contributed by atoms with Gasteiger partial charge in [-0.3, -0.25) is 14.5 Å². The number of likely N-dealkylation sites (tertiary alicyclic amines) is 1. The van der Waals surface area contributed by atoms with Gasteiger partial charge in [0.1, 0.15) is 12.1 Å². The summed E-state index contributed by atoms with van der Waals surface area (Å²) in [6.07, 6.45) is 1.89. The third-order valence-corrected chi connectivity index (χ3v) is 5.65. The van der Waals surface area contributed by atoms with Crippen LogP contribution in [0, 0.1) is 5.92 Å². The second-order valence-corrected chi connectivity index (χ2v) is 7.58. The molecule has 1 aromatic rings. The number of imide groups is 1. The van der Waals surface area contributed by atoms with Crippen LogP contribution in [-0.4, -0.2) is 54.1 Å². The first kappa shape index (κ1) is 17.6. The summed E-state index contributed by atoms with van der Waals surface area (Å²) in [7, 11) is 0. The summed E-state index contributed by atoms with van der Waals surface area (Å²) >= 11 is 0. The SMILES string of the molecule is CC1CCN(C(=O)CN2C(=O)N[C@](C)(c3ccc4c(c3)OCO4)C2=O)CC1. The Hall–Kier alpha value is -2.77. The van der Waals surface area contributed by atoms with Gasteiger partial charge in [-0.2, -0.15) is 0 Å².